The smallest absolute Gasteiger partial charge is 0.263 e. The SMILES string of the molecule is COCC(C)(C)CC/C=C/C(C)(F)F. The standard InChI is InChI=1S/C11H20F2O/c1-10(2,9-14-4)7-5-6-8-11(3,12)13/h6,8H,5,7,9H2,1-4H3/b8-6+. The van der Waals surface area contributed by atoms with Crippen molar-refractivity contribution in [2.45, 2.75) is 39.5 Å². The topological polar surface area (TPSA) is 9.23 Å². The number of rotatable bonds is 6. The highest BCUT2D eigenvalue weighted by atomic mass is 19.3. The molecule has 14 heavy (non-hydrogen) atoms. The summed E-state index contributed by atoms with van der Waals surface area (Å²) in [5, 5.41) is 0. The lowest BCUT2D eigenvalue weighted by Crippen LogP contribution is -2.17. The zero-order valence-electron chi connectivity index (χ0n) is 9.44. The summed E-state index contributed by atoms with van der Waals surface area (Å²) in [6.45, 7) is 5.68. The largest absolute Gasteiger partial charge is 0.384 e. The third-order valence-electron chi connectivity index (χ3n) is 1.93. The molecule has 0 N–H and O–H groups in total. The van der Waals surface area contributed by atoms with Crippen molar-refractivity contribution >= 4 is 0 Å². The fraction of sp³-hybridized carbons (Fsp3) is 0.818. The van der Waals surface area contributed by atoms with E-state index in [4.69, 9.17) is 4.74 Å². The lowest BCUT2D eigenvalue weighted by Gasteiger charge is -2.22. The Kier molecular flexibility index (Phi) is 5.27. The number of alkyl halides is 2. The van der Waals surface area contributed by atoms with Crippen molar-refractivity contribution in [3.8, 4) is 0 Å². The van der Waals surface area contributed by atoms with Gasteiger partial charge in [-0.3, -0.25) is 0 Å². The van der Waals surface area contributed by atoms with Crippen LogP contribution >= 0.6 is 0 Å². The molecule has 0 amide bonds. The minimum atomic E-state index is -2.69. The summed E-state index contributed by atoms with van der Waals surface area (Å²) >= 11 is 0. The number of hydrogen-bond acceptors (Lipinski definition) is 1. The predicted octanol–water partition coefficient (Wildman–Crippen LogP) is 3.65. The Labute approximate surface area is 85.1 Å². The molecule has 1 nitrogen and oxygen atoms in total. The second kappa shape index (κ2) is 5.44. The lowest BCUT2D eigenvalue weighted by atomic mass is 9.89. The molecule has 0 saturated heterocycles. The number of hydrogen-bond donors (Lipinski definition) is 0. The van der Waals surface area contributed by atoms with Gasteiger partial charge in [-0.15, -0.1) is 0 Å². The highest BCUT2D eigenvalue weighted by molar-refractivity contribution is 4.92. The van der Waals surface area contributed by atoms with Crippen molar-refractivity contribution in [3.63, 3.8) is 0 Å². The van der Waals surface area contributed by atoms with Crippen LogP contribution in [0.5, 0.6) is 0 Å². The lowest BCUT2D eigenvalue weighted by molar-refractivity contribution is 0.0765. The fourth-order valence-corrected chi connectivity index (χ4v) is 1.23. The van der Waals surface area contributed by atoms with E-state index in [0.29, 0.717) is 13.0 Å². The normalized spacial score (nSPS) is 13.9. The summed E-state index contributed by atoms with van der Waals surface area (Å²) in [5.41, 5.74) is 0.0577. The minimum Gasteiger partial charge on any atom is -0.384 e. The van der Waals surface area contributed by atoms with E-state index in [1.165, 1.54) is 6.08 Å². The number of ether oxygens (including phenoxy) is 1. The highest BCUT2D eigenvalue weighted by Gasteiger charge is 2.17. The Morgan fingerprint density at radius 3 is 2.21 bits per heavy atom. The van der Waals surface area contributed by atoms with E-state index >= 15 is 0 Å². The minimum absolute atomic E-state index is 0.0577. The summed E-state index contributed by atoms with van der Waals surface area (Å²) in [6, 6.07) is 0. The Morgan fingerprint density at radius 1 is 1.21 bits per heavy atom. The van der Waals surface area contributed by atoms with E-state index < -0.39 is 5.92 Å². The van der Waals surface area contributed by atoms with Crippen LogP contribution in [0.25, 0.3) is 0 Å². The van der Waals surface area contributed by atoms with Gasteiger partial charge in [-0.1, -0.05) is 19.9 Å². The predicted molar refractivity (Wildman–Crippen MR) is 54.7 cm³/mol. The molecule has 0 aromatic heterocycles. The molecule has 0 fully saturated rings. The molecule has 0 spiro atoms. The third-order valence-corrected chi connectivity index (χ3v) is 1.93. The Hall–Kier alpha value is -0.440. The van der Waals surface area contributed by atoms with E-state index in [0.717, 1.165) is 19.4 Å². The molecule has 84 valence electrons. The van der Waals surface area contributed by atoms with Gasteiger partial charge in [-0.05, 0) is 24.3 Å². The fourth-order valence-electron chi connectivity index (χ4n) is 1.23. The first-order chi connectivity index (χ1) is 6.27. The molecule has 0 aromatic carbocycles. The van der Waals surface area contributed by atoms with E-state index in [9.17, 15) is 8.78 Å². The maximum Gasteiger partial charge on any atom is 0.263 e. The van der Waals surface area contributed by atoms with Crippen molar-refractivity contribution in [2.24, 2.45) is 5.41 Å². The molecule has 0 rings (SSSR count). The maximum absolute atomic E-state index is 12.4. The van der Waals surface area contributed by atoms with Crippen LogP contribution < -0.4 is 0 Å². The van der Waals surface area contributed by atoms with Crippen LogP contribution in [0.3, 0.4) is 0 Å². The van der Waals surface area contributed by atoms with Crippen LogP contribution in [0.2, 0.25) is 0 Å². The van der Waals surface area contributed by atoms with Gasteiger partial charge in [0.2, 0.25) is 0 Å². The average Bonchev–Trinajstić information content (AvgIpc) is 1.96. The van der Waals surface area contributed by atoms with E-state index in [-0.39, 0.29) is 5.41 Å². The molecule has 0 bridgehead atoms. The zero-order chi connectivity index (χ0) is 11.2. The summed E-state index contributed by atoms with van der Waals surface area (Å²) in [5.74, 6) is -2.69. The van der Waals surface area contributed by atoms with Gasteiger partial charge in [-0.25, -0.2) is 8.78 Å². The second-order valence-electron chi connectivity index (χ2n) is 4.49. The van der Waals surface area contributed by atoms with Gasteiger partial charge in [-0.2, -0.15) is 0 Å². The van der Waals surface area contributed by atoms with Crippen LogP contribution in [0.1, 0.15) is 33.6 Å². The molecule has 0 aliphatic carbocycles. The molecule has 0 unspecified atom stereocenters. The third kappa shape index (κ3) is 8.17. The zero-order valence-corrected chi connectivity index (χ0v) is 9.44. The van der Waals surface area contributed by atoms with Gasteiger partial charge in [0.15, 0.2) is 0 Å². The molecule has 0 radical (unpaired) electrons. The number of halogens is 2. The molecule has 0 heterocycles. The molecule has 0 aliphatic rings. The Morgan fingerprint density at radius 2 is 1.79 bits per heavy atom. The first-order valence-corrected chi connectivity index (χ1v) is 4.81. The van der Waals surface area contributed by atoms with Crippen molar-refractivity contribution in [2.75, 3.05) is 13.7 Å². The first-order valence-electron chi connectivity index (χ1n) is 4.81. The molecule has 0 atom stereocenters. The van der Waals surface area contributed by atoms with Crippen LogP contribution in [0.4, 0.5) is 8.78 Å². The van der Waals surface area contributed by atoms with Crippen molar-refractivity contribution in [3.05, 3.63) is 12.2 Å². The Balaban J connectivity index is 3.79. The van der Waals surface area contributed by atoms with Crippen molar-refractivity contribution < 1.29 is 13.5 Å². The Bertz CT molecular complexity index is 180. The van der Waals surface area contributed by atoms with Crippen LogP contribution in [0.15, 0.2) is 12.2 Å². The quantitative estimate of drug-likeness (QED) is 0.603. The van der Waals surface area contributed by atoms with Crippen LogP contribution in [-0.2, 0) is 4.74 Å². The van der Waals surface area contributed by atoms with Gasteiger partial charge in [0, 0.05) is 14.0 Å². The molecule has 0 aliphatic heterocycles. The summed E-state index contributed by atoms with van der Waals surface area (Å²) in [4.78, 5) is 0. The summed E-state index contributed by atoms with van der Waals surface area (Å²) in [7, 11) is 1.65. The van der Waals surface area contributed by atoms with E-state index in [1.54, 1.807) is 7.11 Å². The molecule has 0 saturated carbocycles. The highest BCUT2D eigenvalue weighted by Crippen LogP contribution is 2.23. The van der Waals surface area contributed by atoms with Crippen molar-refractivity contribution in [1.29, 1.82) is 0 Å². The van der Waals surface area contributed by atoms with E-state index in [1.807, 2.05) is 0 Å². The van der Waals surface area contributed by atoms with Gasteiger partial charge in [0.1, 0.15) is 0 Å². The van der Waals surface area contributed by atoms with Gasteiger partial charge >= 0.3 is 0 Å². The molecular weight excluding hydrogens is 186 g/mol. The maximum atomic E-state index is 12.4. The van der Waals surface area contributed by atoms with Gasteiger partial charge < -0.3 is 4.74 Å². The van der Waals surface area contributed by atoms with Crippen molar-refractivity contribution in [1.82, 2.24) is 0 Å². The van der Waals surface area contributed by atoms with Gasteiger partial charge in [0.05, 0.1) is 6.61 Å². The van der Waals surface area contributed by atoms with Crippen LogP contribution in [0, 0.1) is 5.41 Å². The average molecular weight is 206 g/mol. The molecule has 0 aromatic rings. The first kappa shape index (κ1) is 13.6. The second-order valence-corrected chi connectivity index (χ2v) is 4.49. The van der Waals surface area contributed by atoms with E-state index in [2.05, 4.69) is 13.8 Å². The number of allylic oxidation sites excluding steroid dienone is 2. The molecule has 3 heteroatoms. The summed E-state index contributed by atoms with van der Waals surface area (Å²) < 4.78 is 29.8. The molecular formula is C11H20F2O. The van der Waals surface area contributed by atoms with Crippen LogP contribution in [-0.4, -0.2) is 19.6 Å². The number of methoxy groups -OCH3 is 1. The summed E-state index contributed by atoms with van der Waals surface area (Å²) in [6.07, 6.45) is 4.01. The van der Waals surface area contributed by atoms with Gasteiger partial charge in [0.25, 0.3) is 5.92 Å². The monoisotopic (exact) mass is 206 g/mol.